The summed E-state index contributed by atoms with van der Waals surface area (Å²) >= 11 is 3.97. The van der Waals surface area contributed by atoms with Crippen LogP contribution in [0.15, 0.2) is 47.4 Å². The summed E-state index contributed by atoms with van der Waals surface area (Å²) in [6, 6.07) is 11.4. The number of aromatic nitrogens is 1. The number of amides is 1. The summed E-state index contributed by atoms with van der Waals surface area (Å²) in [5.74, 6) is -0.855. The minimum absolute atomic E-state index is 0.0216. The monoisotopic (exact) mass is 403 g/mol. The van der Waals surface area contributed by atoms with Crippen molar-refractivity contribution in [3.63, 3.8) is 0 Å². The molecule has 1 atom stereocenters. The lowest BCUT2D eigenvalue weighted by molar-refractivity contribution is 0.0721. The molecule has 0 saturated heterocycles. The van der Waals surface area contributed by atoms with Gasteiger partial charge in [0, 0.05) is 19.3 Å². The number of fused-ring (bicyclic) bond motifs is 1. The molecule has 1 amide bonds. The van der Waals surface area contributed by atoms with Crippen molar-refractivity contribution in [1.29, 1.82) is 0 Å². The van der Waals surface area contributed by atoms with Crippen LogP contribution in [0.3, 0.4) is 0 Å². The van der Waals surface area contributed by atoms with Gasteiger partial charge in [-0.05, 0) is 17.2 Å². The van der Waals surface area contributed by atoms with E-state index in [1.165, 1.54) is 11.0 Å². The maximum Gasteiger partial charge on any atom is 0.277 e. The molecule has 1 aromatic carbocycles. The van der Waals surface area contributed by atoms with Crippen LogP contribution in [0, 0.1) is 0 Å². The van der Waals surface area contributed by atoms with Crippen molar-refractivity contribution in [1.82, 2.24) is 9.58 Å². The molecule has 0 aliphatic carbocycles. The molecular weight excluding hydrogens is 374 g/mol. The average molecular weight is 404 g/mol. The van der Waals surface area contributed by atoms with Crippen LogP contribution in [0.1, 0.15) is 55.7 Å². The highest BCUT2D eigenvalue weighted by Gasteiger charge is 2.33. The number of carbonyl (C=O) groups excluding carboxylic acids is 1. The maximum absolute atomic E-state index is 12.4. The van der Waals surface area contributed by atoms with Crippen LogP contribution in [0.5, 0.6) is 5.75 Å². The molecule has 1 N–H and O–H groups in total. The standard InChI is InChI=1S/C18H21N3O3.C3H8S/c1-3-7-14(13-8-5-4-6-9-13)21-12-19(2)18(24)16-17(23)15(22)10-11-20(16)21;1-3(2)4/h4-6,8-11,14,23H,3,7,12H2,1-2H3;3-4H,1-2H3. The zero-order chi connectivity index (χ0) is 20.8. The number of aromatic hydroxyl groups is 1. The second-order valence-electron chi connectivity index (χ2n) is 7.11. The Hall–Kier alpha value is -2.41. The molecular formula is C21H29N3O3S. The van der Waals surface area contributed by atoms with Gasteiger partial charge in [0.2, 0.25) is 5.43 Å². The van der Waals surface area contributed by atoms with E-state index in [9.17, 15) is 14.7 Å². The minimum atomic E-state index is -0.545. The lowest BCUT2D eigenvalue weighted by atomic mass is 10.0. The molecule has 0 fully saturated rings. The van der Waals surface area contributed by atoms with E-state index in [-0.39, 0.29) is 17.6 Å². The summed E-state index contributed by atoms with van der Waals surface area (Å²) in [6.45, 7) is 6.55. The van der Waals surface area contributed by atoms with E-state index in [1.807, 2.05) is 37.1 Å². The van der Waals surface area contributed by atoms with E-state index in [0.29, 0.717) is 11.9 Å². The Morgan fingerprint density at radius 2 is 1.75 bits per heavy atom. The molecule has 1 unspecified atom stereocenters. The van der Waals surface area contributed by atoms with Gasteiger partial charge in [-0.2, -0.15) is 12.6 Å². The van der Waals surface area contributed by atoms with E-state index in [2.05, 4.69) is 31.7 Å². The van der Waals surface area contributed by atoms with Crippen molar-refractivity contribution in [3.8, 4) is 5.75 Å². The molecule has 0 saturated carbocycles. The van der Waals surface area contributed by atoms with Gasteiger partial charge < -0.3 is 10.0 Å². The second kappa shape index (κ2) is 9.68. The molecule has 3 rings (SSSR count). The Balaban J connectivity index is 0.000000640. The number of rotatable bonds is 4. The van der Waals surface area contributed by atoms with Gasteiger partial charge in [0.1, 0.15) is 6.67 Å². The first-order valence-electron chi connectivity index (χ1n) is 9.47. The van der Waals surface area contributed by atoms with Crippen LogP contribution >= 0.6 is 12.6 Å². The molecule has 0 spiro atoms. The molecule has 152 valence electrons. The average Bonchev–Trinajstić information content (AvgIpc) is 2.65. The second-order valence-corrected chi connectivity index (χ2v) is 8.15. The molecule has 28 heavy (non-hydrogen) atoms. The lowest BCUT2D eigenvalue weighted by Crippen LogP contribution is -2.54. The Kier molecular flexibility index (Phi) is 7.57. The van der Waals surface area contributed by atoms with Gasteiger partial charge in [-0.3, -0.25) is 19.3 Å². The predicted octanol–water partition coefficient (Wildman–Crippen LogP) is 3.40. The smallest absolute Gasteiger partial charge is 0.277 e. The number of carbonyl (C=O) groups is 1. The van der Waals surface area contributed by atoms with Crippen molar-refractivity contribution in [2.24, 2.45) is 0 Å². The first kappa shape index (κ1) is 21.9. The van der Waals surface area contributed by atoms with Gasteiger partial charge in [-0.1, -0.05) is 57.5 Å². The molecule has 7 heteroatoms. The fraction of sp³-hybridized carbons (Fsp3) is 0.429. The van der Waals surface area contributed by atoms with E-state index >= 15 is 0 Å². The minimum Gasteiger partial charge on any atom is -0.502 e. The molecule has 6 nitrogen and oxygen atoms in total. The first-order valence-corrected chi connectivity index (χ1v) is 9.99. The third-order valence-corrected chi connectivity index (χ3v) is 4.34. The Labute approximate surface area is 171 Å². The first-order chi connectivity index (χ1) is 13.3. The van der Waals surface area contributed by atoms with Crippen LogP contribution in [-0.2, 0) is 0 Å². The molecule has 2 heterocycles. The topological polar surface area (TPSA) is 65.8 Å². The Morgan fingerprint density at radius 3 is 2.32 bits per heavy atom. The van der Waals surface area contributed by atoms with Crippen LogP contribution in [0.25, 0.3) is 0 Å². The number of hydrogen-bond donors (Lipinski definition) is 2. The highest BCUT2D eigenvalue weighted by Crippen LogP contribution is 2.29. The SMILES string of the molecule is CC(C)S.CCCC(c1ccccc1)N1CN(C)C(=O)c2c(O)c(=O)ccn21. The molecule has 2 aromatic rings. The van der Waals surface area contributed by atoms with Crippen molar-refractivity contribution in [3.05, 3.63) is 64.1 Å². The van der Waals surface area contributed by atoms with Gasteiger partial charge in [-0.25, -0.2) is 0 Å². The summed E-state index contributed by atoms with van der Waals surface area (Å²) in [6.07, 6.45) is 3.42. The van der Waals surface area contributed by atoms with Crippen LogP contribution in [-0.4, -0.2) is 39.6 Å². The van der Waals surface area contributed by atoms with Crippen molar-refractivity contribution < 1.29 is 9.90 Å². The fourth-order valence-corrected chi connectivity index (χ4v) is 3.15. The van der Waals surface area contributed by atoms with Crippen LogP contribution in [0.4, 0.5) is 0 Å². The molecule has 1 aromatic heterocycles. The molecule has 1 aliphatic rings. The summed E-state index contributed by atoms with van der Waals surface area (Å²) in [4.78, 5) is 25.7. The number of thiol groups is 1. The quantitative estimate of drug-likeness (QED) is 0.768. The highest BCUT2D eigenvalue weighted by molar-refractivity contribution is 7.80. The summed E-state index contributed by atoms with van der Waals surface area (Å²) in [5, 5.41) is 12.7. The number of hydrogen-bond acceptors (Lipinski definition) is 5. The fourth-order valence-electron chi connectivity index (χ4n) is 3.15. The van der Waals surface area contributed by atoms with Gasteiger partial charge in [0.05, 0.1) is 6.04 Å². The highest BCUT2D eigenvalue weighted by atomic mass is 32.1. The molecule has 0 bridgehead atoms. The van der Waals surface area contributed by atoms with Gasteiger partial charge in [0.15, 0.2) is 11.4 Å². The van der Waals surface area contributed by atoms with E-state index in [1.54, 1.807) is 17.9 Å². The van der Waals surface area contributed by atoms with Gasteiger partial charge in [-0.15, -0.1) is 0 Å². The summed E-state index contributed by atoms with van der Waals surface area (Å²) < 4.78 is 1.62. The van der Waals surface area contributed by atoms with Crippen LogP contribution < -0.4 is 10.4 Å². The van der Waals surface area contributed by atoms with Crippen molar-refractivity contribution in [2.75, 3.05) is 18.7 Å². The number of nitrogens with zero attached hydrogens (tertiary/aromatic N) is 3. The third-order valence-electron chi connectivity index (χ3n) is 4.34. The molecule has 0 radical (unpaired) electrons. The van der Waals surface area contributed by atoms with Gasteiger partial charge in [0.25, 0.3) is 5.91 Å². The number of pyridine rings is 1. The van der Waals surface area contributed by atoms with Crippen LogP contribution in [0.2, 0.25) is 0 Å². The largest absolute Gasteiger partial charge is 0.502 e. The summed E-state index contributed by atoms with van der Waals surface area (Å²) in [7, 11) is 1.67. The van der Waals surface area contributed by atoms with Gasteiger partial charge >= 0.3 is 0 Å². The van der Waals surface area contributed by atoms with Crippen molar-refractivity contribution >= 4 is 18.5 Å². The summed E-state index contributed by atoms with van der Waals surface area (Å²) in [5.41, 5.74) is 0.608. The van der Waals surface area contributed by atoms with E-state index < -0.39 is 11.2 Å². The van der Waals surface area contributed by atoms with E-state index in [4.69, 9.17) is 0 Å². The Morgan fingerprint density at radius 1 is 1.14 bits per heavy atom. The predicted molar refractivity (Wildman–Crippen MR) is 116 cm³/mol. The maximum atomic E-state index is 12.4. The molecule has 1 aliphatic heterocycles. The third kappa shape index (κ3) is 4.90. The normalized spacial score (nSPS) is 14.4. The van der Waals surface area contributed by atoms with E-state index in [0.717, 1.165) is 18.4 Å². The lowest BCUT2D eigenvalue weighted by Gasteiger charge is -2.42. The zero-order valence-corrected chi connectivity index (χ0v) is 17.8. The zero-order valence-electron chi connectivity index (χ0n) is 16.9. The Bertz CT molecular complexity index is 849. The van der Waals surface area contributed by atoms with Crippen molar-refractivity contribution in [2.45, 2.75) is 44.9 Å². The number of benzene rings is 1.